The van der Waals surface area contributed by atoms with E-state index in [4.69, 9.17) is 0 Å². The van der Waals surface area contributed by atoms with Gasteiger partial charge in [-0.3, -0.25) is 10.1 Å². The molecular formula is C16H24N2O. The first-order valence-electron chi connectivity index (χ1n) is 7.14. The van der Waals surface area contributed by atoms with Crippen molar-refractivity contribution in [2.45, 2.75) is 45.8 Å². The molecule has 0 spiro atoms. The van der Waals surface area contributed by atoms with Gasteiger partial charge < -0.3 is 4.90 Å². The third-order valence-electron chi connectivity index (χ3n) is 3.80. The summed E-state index contributed by atoms with van der Waals surface area (Å²) >= 11 is 0. The van der Waals surface area contributed by atoms with Crippen molar-refractivity contribution in [2.75, 3.05) is 7.05 Å². The Balaban J connectivity index is 2.14. The molecule has 1 aliphatic rings. The molecule has 0 saturated carbocycles. The molecule has 2 rings (SSSR count). The van der Waals surface area contributed by atoms with Gasteiger partial charge in [0.15, 0.2) is 0 Å². The molecule has 0 aromatic heterocycles. The zero-order valence-electron chi connectivity index (χ0n) is 12.3. The quantitative estimate of drug-likeness (QED) is 0.903. The predicted molar refractivity (Wildman–Crippen MR) is 77.7 cm³/mol. The summed E-state index contributed by atoms with van der Waals surface area (Å²) in [5.74, 6) is 0.731. The number of amides is 1. The van der Waals surface area contributed by atoms with Gasteiger partial charge in [-0.05, 0) is 29.9 Å². The first kappa shape index (κ1) is 14.1. The fourth-order valence-corrected chi connectivity index (χ4v) is 2.64. The zero-order valence-corrected chi connectivity index (χ0v) is 12.3. The van der Waals surface area contributed by atoms with Gasteiger partial charge in [-0.15, -0.1) is 0 Å². The van der Waals surface area contributed by atoms with Gasteiger partial charge in [-0.2, -0.15) is 0 Å². The molecule has 0 bridgehead atoms. The number of hydrogen-bond acceptors (Lipinski definition) is 2. The van der Waals surface area contributed by atoms with Gasteiger partial charge in [-0.25, -0.2) is 0 Å². The maximum Gasteiger partial charge on any atom is 0.241 e. The van der Waals surface area contributed by atoms with Crippen LogP contribution in [0.15, 0.2) is 24.3 Å². The molecule has 3 nitrogen and oxygen atoms in total. The Morgan fingerprint density at radius 2 is 1.89 bits per heavy atom. The summed E-state index contributed by atoms with van der Waals surface area (Å²) in [6.07, 6.45) is 1.96. The lowest BCUT2D eigenvalue weighted by atomic mass is 10.0. The second kappa shape index (κ2) is 5.74. The number of carbonyl (C=O) groups is 1. The van der Waals surface area contributed by atoms with E-state index in [0.29, 0.717) is 5.92 Å². The molecule has 1 heterocycles. The molecule has 1 N–H and O–H groups in total. The van der Waals surface area contributed by atoms with Gasteiger partial charge in [0.25, 0.3) is 0 Å². The Morgan fingerprint density at radius 3 is 2.42 bits per heavy atom. The highest BCUT2D eigenvalue weighted by molar-refractivity contribution is 5.84. The average molecular weight is 260 g/mol. The smallest absolute Gasteiger partial charge is 0.241 e. The summed E-state index contributed by atoms with van der Waals surface area (Å²) in [6.45, 7) is 6.45. The first-order chi connectivity index (χ1) is 9.02. The van der Waals surface area contributed by atoms with Crippen LogP contribution in [0.3, 0.4) is 0 Å². The van der Waals surface area contributed by atoms with Crippen molar-refractivity contribution >= 4 is 5.91 Å². The van der Waals surface area contributed by atoms with E-state index in [1.54, 1.807) is 0 Å². The fourth-order valence-electron chi connectivity index (χ4n) is 2.64. The lowest BCUT2D eigenvalue weighted by Gasteiger charge is -2.19. The Hall–Kier alpha value is -1.35. The number of likely N-dealkylation sites (N-methyl/N-ethyl adjacent to an activating group) is 1. The highest BCUT2D eigenvalue weighted by Gasteiger charge is 2.37. The summed E-state index contributed by atoms with van der Waals surface area (Å²) in [5, 5.41) is 3.45. The van der Waals surface area contributed by atoms with Crippen LogP contribution >= 0.6 is 0 Å². The number of benzene rings is 1. The Kier molecular flexibility index (Phi) is 4.25. The van der Waals surface area contributed by atoms with Crippen molar-refractivity contribution in [3.8, 4) is 0 Å². The predicted octanol–water partition coefficient (Wildman–Crippen LogP) is 2.72. The van der Waals surface area contributed by atoms with E-state index in [0.717, 1.165) is 12.8 Å². The largest absolute Gasteiger partial charge is 0.325 e. The first-order valence-corrected chi connectivity index (χ1v) is 7.14. The molecule has 1 saturated heterocycles. The molecule has 1 aliphatic heterocycles. The summed E-state index contributed by atoms with van der Waals surface area (Å²) in [4.78, 5) is 14.0. The van der Waals surface area contributed by atoms with E-state index >= 15 is 0 Å². The topological polar surface area (TPSA) is 32.3 Å². The molecule has 1 aromatic rings. The van der Waals surface area contributed by atoms with Gasteiger partial charge in [0.1, 0.15) is 6.17 Å². The second-order valence-electron chi connectivity index (χ2n) is 5.80. The van der Waals surface area contributed by atoms with Gasteiger partial charge in [0.2, 0.25) is 5.91 Å². The average Bonchev–Trinajstić information content (AvgIpc) is 2.67. The Bertz CT molecular complexity index is 439. The summed E-state index contributed by atoms with van der Waals surface area (Å²) < 4.78 is 0. The molecule has 104 valence electrons. The Morgan fingerprint density at radius 1 is 1.26 bits per heavy atom. The van der Waals surface area contributed by atoms with E-state index < -0.39 is 0 Å². The van der Waals surface area contributed by atoms with Crippen molar-refractivity contribution in [3.63, 3.8) is 0 Å². The molecule has 1 fully saturated rings. The van der Waals surface area contributed by atoms with Gasteiger partial charge >= 0.3 is 0 Å². The van der Waals surface area contributed by atoms with Crippen molar-refractivity contribution < 1.29 is 4.79 Å². The van der Waals surface area contributed by atoms with Gasteiger partial charge in [0, 0.05) is 7.05 Å². The number of carbonyl (C=O) groups excluding carboxylic acids is 1. The van der Waals surface area contributed by atoms with E-state index in [1.165, 1.54) is 11.1 Å². The van der Waals surface area contributed by atoms with Crippen LogP contribution < -0.4 is 5.32 Å². The molecule has 1 aromatic carbocycles. The molecular weight excluding hydrogens is 236 g/mol. The maximum atomic E-state index is 12.2. The number of nitrogens with one attached hydrogen (secondary N) is 1. The van der Waals surface area contributed by atoms with Gasteiger partial charge in [-0.1, -0.05) is 45.0 Å². The van der Waals surface area contributed by atoms with E-state index in [1.807, 2.05) is 11.9 Å². The number of aryl methyl sites for hydroxylation is 1. The van der Waals surface area contributed by atoms with Crippen LogP contribution in [0, 0.1) is 5.92 Å². The highest BCUT2D eigenvalue weighted by Crippen LogP contribution is 2.26. The molecule has 0 radical (unpaired) electrons. The minimum atomic E-state index is -0.0409. The van der Waals surface area contributed by atoms with Crippen LogP contribution in [-0.4, -0.2) is 23.9 Å². The molecule has 2 atom stereocenters. The van der Waals surface area contributed by atoms with Crippen molar-refractivity contribution in [1.29, 1.82) is 0 Å². The van der Waals surface area contributed by atoms with E-state index in [2.05, 4.69) is 50.4 Å². The molecule has 2 unspecified atom stereocenters. The normalized spacial score (nSPS) is 23.4. The van der Waals surface area contributed by atoms with Crippen LogP contribution in [0.25, 0.3) is 0 Å². The monoisotopic (exact) mass is 260 g/mol. The number of rotatable bonds is 4. The highest BCUT2D eigenvalue weighted by atomic mass is 16.2. The third-order valence-corrected chi connectivity index (χ3v) is 3.80. The molecule has 0 aliphatic carbocycles. The van der Waals surface area contributed by atoms with Gasteiger partial charge in [0.05, 0.1) is 6.04 Å². The van der Waals surface area contributed by atoms with Crippen LogP contribution in [0.1, 0.15) is 44.5 Å². The minimum absolute atomic E-state index is 0.0159. The minimum Gasteiger partial charge on any atom is -0.325 e. The van der Waals surface area contributed by atoms with Crippen molar-refractivity contribution in [1.82, 2.24) is 10.2 Å². The maximum absolute atomic E-state index is 12.2. The van der Waals surface area contributed by atoms with E-state index in [-0.39, 0.29) is 18.1 Å². The number of hydrogen-bond donors (Lipinski definition) is 1. The van der Waals surface area contributed by atoms with Crippen LogP contribution in [0.2, 0.25) is 0 Å². The second-order valence-corrected chi connectivity index (χ2v) is 5.80. The van der Waals surface area contributed by atoms with Crippen molar-refractivity contribution in [2.24, 2.45) is 5.92 Å². The third kappa shape index (κ3) is 2.98. The lowest BCUT2D eigenvalue weighted by Crippen LogP contribution is -2.30. The van der Waals surface area contributed by atoms with E-state index in [9.17, 15) is 4.79 Å². The molecule has 3 heteroatoms. The van der Waals surface area contributed by atoms with Crippen LogP contribution in [0.4, 0.5) is 0 Å². The molecule has 19 heavy (non-hydrogen) atoms. The summed E-state index contributed by atoms with van der Waals surface area (Å²) in [6, 6.07) is 8.49. The van der Waals surface area contributed by atoms with Crippen molar-refractivity contribution in [3.05, 3.63) is 35.4 Å². The molecule has 1 amide bonds. The fraction of sp³-hybridized carbons (Fsp3) is 0.562. The SMILES string of the molecule is CCc1ccc(C2NC(CC(C)C)C(=O)N2C)cc1. The Labute approximate surface area is 116 Å². The number of nitrogens with zero attached hydrogens (tertiary/aromatic N) is 1. The lowest BCUT2D eigenvalue weighted by molar-refractivity contribution is -0.129. The zero-order chi connectivity index (χ0) is 14.0. The summed E-state index contributed by atoms with van der Waals surface area (Å²) in [7, 11) is 1.88. The van der Waals surface area contributed by atoms with Crippen LogP contribution in [0.5, 0.6) is 0 Å². The summed E-state index contributed by atoms with van der Waals surface area (Å²) in [5.41, 5.74) is 2.49. The van der Waals surface area contributed by atoms with Crippen LogP contribution in [-0.2, 0) is 11.2 Å². The standard InChI is InChI=1S/C16H24N2O/c1-5-12-6-8-13(9-7-12)15-17-14(10-11(2)3)16(19)18(15)4/h6-9,11,14-15,17H,5,10H2,1-4H3.